The standard InChI is InChI=1S/C11H8BrClINO/c1-6(13)11-15-5-10(16-11)8-4-7(14)2-3-9(8)12/h2-6H,1H3. The number of alkyl halides is 1. The molecule has 0 aliphatic rings. The number of halogens is 3. The Labute approximate surface area is 121 Å². The molecule has 5 heteroatoms. The minimum absolute atomic E-state index is 0.213. The second-order valence-electron chi connectivity index (χ2n) is 3.30. The minimum atomic E-state index is -0.213. The Bertz CT molecular complexity index is 512. The molecule has 2 rings (SSSR count). The van der Waals surface area contributed by atoms with Gasteiger partial charge in [-0.05, 0) is 47.7 Å². The van der Waals surface area contributed by atoms with E-state index >= 15 is 0 Å². The van der Waals surface area contributed by atoms with Gasteiger partial charge in [-0.3, -0.25) is 0 Å². The van der Waals surface area contributed by atoms with E-state index in [-0.39, 0.29) is 5.38 Å². The molecule has 0 saturated carbocycles. The van der Waals surface area contributed by atoms with Crippen molar-refractivity contribution >= 4 is 50.1 Å². The van der Waals surface area contributed by atoms with Crippen LogP contribution < -0.4 is 0 Å². The van der Waals surface area contributed by atoms with Crippen LogP contribution in [0.5, 0.6) is 0 Å². The van der Waals surface area contributed by atoms with E-state index in [9.17, 15) is 0 Å². The Morgan fingerprint density at radius 1 is 1.50 bits per heavy atom. The summed E-state index contributed by atoms with van der Waals surface area (Å²) >= 11 is 11.7. The first kappa shape index (κ1) is 12.4. The molecule has 84 valence electrons. The van der Waals surface area contributed by atoms with Crippen molar-refractivity contribution in [1.82, 2.24) is 4.98 Å². The fourth-order valence-electron chi connectivity index (χ4n) is 1.28. The predicted octanol–water partition coefficient (Wildman–Crippen LogP) is 5.01. The summed E-state index contributed by atoms with van der Waals surface area (Å²) in [6, 6.07) is 6.05. The molecular formula is C11H8BrClINO. The zero-order valence-electron chi connectivity index (χ0n) is 8.38. The number of oxazole rings is 1. The van der Waals surface area contributed by atoms with Gasteiger partial charge in [0.15, 0.2) is 5.76 Å². The van der Waals surface area contributed by atoms with Crippen LogP contribution in [0.15, 0.2) is 33.3 Å². The smallest absolute Gasteiger partial charge is 0.212 e. The maximum atomic E-state index is 5.91. The van der Waals surface area contributed by atoms with E-state index in [0.717, 1.165) is 19.4 Å². The first-order valence-corrected chi connectivity index (χ1v) is 6.94. The average molecular weight is 412 g/mol. The van der Waals surface area contributed by atoms with Gasteiger partial charge in [-0.1, -0.05) is 15.9 Å². The topological polar surface area (TPSA) is 26.0 Å². The highest BCUT2D eigenvalue weighted by molar-refractivity contribution is 14.1. The maximum absolute atomic E-state index is 5.91. The Balaban J connectivity index is 2.46. The summed E-state index contributed by atoms with van der Waals surface area (Å²) in [7, 11) is 0. The summed E-state index contributed by atoms with van der Waals surface area (Å²) in [6.07, 6.45) is 1.70. The third-order valence-corrected chi connectivity index (χ3v) is 3.61. The zero-order chi connectivity index (χ0) is 11.7. The number of aromatic nitrogens is 1. The van der Waals surface area contributed by atoms with Gasteiger partial charge in [-0.15, -0.1) is 11.6 Å². The summed E-state index contributed by atoms with van der Waals surface area (Å²) in [6.45, 7) is 1.83. The van der Waals surface area contributed by atoms with Crippen molar-refractivity contribution in [3.8, 4) is 11.3 Å². The van der Waals surface area contributed by atoms with Gasteiger partial charge in [0.05, 0.1) is 6.20 Å². The van der Waals surface area contributed by atoms with Crippen molar-refractivity contribution in [3.05, 3.63) is 38.3 Å². The zero-order valence-corrected chi connectivity index (χ0v) is 12.9. The van der Waals surface area contributed by atoms with Crippen LogP contribution in [0.25, 0.3) is 11.3 Å². The van der Waals surface area contributed by atoms with Crippen LogP contribution in [0.2, 0.25) is 0 Å². The molecule has 0 amide bonds. The Morgan fingerprint density at radius 2 is 2.25 bits per heavy atom. The van der Waals surface area contributed by atoms with Crippen LogP contribution in [0, 0.1) is 3.57 Å². The highest BCUT2D eigenvalue weighted by Crippen LogP contribution is 2.32. The van der Waals surface area contributed by atoms with Crippen molar-refractivity contribution in [2.75, 3.05) is 0 Å². The van der Waals surface area contributed by atoms with Gasteiger partial charge in [0.25, 0.3) is 0 Å². The molecule has 0 spiro atoms. The first-order valence-electron chi connectivity index (χ1n) is 4.63. The van der Waals surface area contributed by atoms with Gasteiger partial charge in [0.2, 0.25) is 5.89 Å². The molecule has 16 heavy (non-hydrogen) atoms. The number of rotatable bonds is 2. The molecule has 0 aliphatic heterocycles. The number of benzene rings is 1. The van der Waals surface area contributed by atoms with Gasteiger partial charge in [0.1, 0.15) is 5.38 Å². The summed E-state index contributed by atoms with van der Waals surface area (Å²) in [5, 5.41) is -0.213. The van der Waals surface area contributed by atoms with E-state index < -0.39 is 0 Å². The normalized spacial score (nSPS) is 12.8. The van der Waals surface area contributed by atoms with Gasteiger partial charge in [-0.25, -0.2) is 4.98 Å². The van der Waals surface area contributed by atoms with Gasteiger partial charge >= 0.3 is 0 Å². The fraction of sp³-hybridized carbons (Fsp3) is 0.182. The number of hydrogen-bond donors (Lipinski definition) is 0. The molecule has 2 nitrogen and oxygen atoms in total. The predicted molar refractivity (Wildman–Crippen MR) is 76.6 cm³/mol. The Hall–Kier alpha value is -0.0700. The highest BCUT2D eigenvalue weighted by atomic mass is 127. The van der Waals surface area contributed by atoms with Crippen LogP contribution >= 0.6 is 50.1 Å². The molecule has 0 saturated heterocycles. The van der Waals surface area contributed by atoms with Crippen molar-refractivity contribution < 1.29 is 4.42 Å². The summed E-state index contributed by atoms with van der Waals surface area (Å²) in [5.41, 5.74) is 0.989. The average Bonchev–Trinajstić information content (AvgIpc) is 2.70. The lowest BCUT2D eigenvalue weighted by molar-refractivity contribution is 0.508. The molecule has 2 aromatic rings. The van der Waals surface area contributed by atoms with Gasteiger partial charge in [0, 0.05) is 13.6 Å². The lowest BCUT2D eigenvalue weighted by atomic mass is 10.2. The SMILES string of the molecule is CC(Cl)c1ncc(-c2cc(I)ccc2Br)o1. The van der Waals surface area contributed by atoms with Crippen LogP contribution in [0.3, 0.4) is 0 Å². The van der Waals surface area contributed by atoms with Crippen molar-refractivity contribution in [2.45, 2.75) is 12.3 Å². The molecule has 0 fully saturated rings. The van der Waals surface area contributed by atoms with E-state index in [1.165, 1.54) is 0 Å². The fourth-order valence-corrected chi connectivity index (χ4v) is 2.32. The summed E-state index contributed by atoms with van der Waals surface area (Å²) in [4.78, 5) is 4.14. The van der Waals surface area contributed by atoms with Gasteiger partial charge in [-0.2, -0.15) is 0 Å². The van der Waals surface area contributed by atoms with Crippen molar-refractivity contribution in [2.24, 2.45) is 0 Å². The van der Waals surface area contributed by atoms with Crippen molar-refractivity contribution in [3.63, 3.8) is 0 Å². The largest absolute Gasteiger partial charge is 0.439 e. The Morgan fingerprint density at radius 3 is 2.88 bits per heavy atom. The number of hydrogen-bond acceptors (Lipinski definition) is 2. The lowest BCUT2D eigenvalue weighted by Gasteiger charge is -2.01. The van der Waals surface area contributed by atoms with Gasteiger partial charge < -0.3 is 4.42 Å². The molecular weight excluding hydrogens is 404 g/mol. The molecule has 0 N–H and O–H groups in total. The van der Waals surface area contributed by atoms with E-state index in [2.05, 4.69) is 43.5 Å². The summed E-state index contributed by atoms with van der Waals surface area (Å²) < 4.78 is 7.72. The third kappa shape index (κ3) is 2.60. The van der Waals surface area contributed by atoms with Crippen LogP contribution in [0.1, 0.15) is 18.2 Å². The quantitative estimate of drug-likeness (QED) is 0.512. The second-order valence-corrected chi connectivity index (χ2v) is 6.06. The summed E-state index contributed by atoms with van der Waals surface area (Å²) in [5.74, 6) is 1.27. The minimum Gasteiger partial charge on any atom is -0.439 e. The highest BCUT2D eigenvalue weighted by Gasteiger charge is 2.12. The van der Waals surface area contributed by atoms with Crippen LogP contribution in [0.4, 0.5) is 0 Å². The maximum Gasteiger partial charge on any atom is 0.212 e. The van der Waals surface area contributed by atoms with E-state index in [4.69, 9.17) is 16.0 Å². The molecule has 1 heterocycles. The van der Waals surface area contributed by atoms with Crippen LogP contribution in [-0.4, -0.2) is 4.98 Å². The van der Waals surface area contributed by atoms with E-state index in [0.29, 0.717) is 5.89 Å². The second kappa shape index (κ2) is 5.06. The molecule has 1 aromatic carbocycles. The first-order chi connectivity index (χ1) is 7.58. The van der Waals surface area contributed by atoms with Crippen molar-refractivity contribution in [1.29, 1.82) is 0 Å². The molecule has 1 atom stereocenters. The molecule has 0 radical (unpaired) electrons. The monoisotopic (exact) mass is 411 g/mol. The molecule has 1 aromatic heterocycles. The van der Waals surface area contributed by atoms with E-state index in [1.807, 2.05) is 25.1 Å². The molecule has 0 bridgehead atoms. The molecule has 1 unspecified atom stereocenters. The lowest BCUT2D eigenvalue weighted by Crippen LogP contribution is -1.81. The molecule has 0 aliphatic carbocycles. The van der Waals surface area contributed by atoms with Crippen LogP contribution in [-0.2, 0) is 0 Å². The Kier molecular flexibility index (Phi) is 3.92. The third-order valence-electron chi connectivity index (χ3n) is 2.06. The number of nitrogens with zero attached hydrogens (tertiary/aromatic N) is 1. The van der Waals surface area contributed by atoms with E-state index in [1.54, 1.807) is 6.20 Å².